The van der Waals surface area contributed by atoms with Crippen molar-refractivity contribution in [2.24, 2.45) is 0 Å². The average molecular weight is 329 g/mol. The smallest absolute Gasteiger partial charge is 0.258 e. The van der Waals surface area contributed by atoms with Gasteiger partial charge < -0.3 is 10.6 Å². The molecule has 0 bridgehead atoms. The van der Waals surface area contributed by atoms with Crippen LogP contribution >= 0.6 is 11.6 Å². The number of amides is 1. The molecule has 23 heavy (non-hydrogen) atoms. The van der Waals surface area contributed by atoms with Crippen LogP contribution in [-0.2, 0) is 4.79 Å². The van der Waals surface area contributed by atoms with E-state index in [0.717, 1.165) is 11.1 Å². The molecule has 0 saturated heterocycles. The highest BCUT2D eigenvalue weighted by molar-refractivity contribution is 6.32. The summed E-state index contributed by atoms with van der Waals surface area (Å²) in [5.41, 5.74) is 2.65. The van der Waals surface area contributed by atoms with E-state index in [2.05, 4.69) is 10.6 Å². The Kier molecular flexibility index (Phi) is 4.44. The van der Waals surface area contributed by atoms with Crippen molar-refractivity contribution in [1.29, 1.82) is 0 Å². The van der Waals surface area contributed by atoms with E-state index in [4.69, 9.17) is 11.6 Å². The van der Waals surface area contributed by atoms with Gasteiger partial charge in [-0.15, -0.1) is 0 Å². The first kappa shape index (κ1) is 15.3. The normalized spacial score (nSPS) is 13.7. The zero-order chi connectivity index (χ0) is 16.2. The molecule has 3 rings (SSSR count). The van der Waals surface area contributed by atoms with Crippen LogP contribution in [0.2, 0.25) is 0 Å². The molecule has 3 nitrogen and oxygen atoms in total. The number of anilines is 1. The van der Waals surface area contributed by atoms with Gasteiger partial charge in [-0.3, -0.25) is 4.79 Å². The lowest BCUT2D eigenvalue weighted by Crippen LogP contribution is -2.22. The number of hydrogen-bond donors (Lipinski definition) is 2. The Morgan fingerprint density at radius 1 is 1.13 bits per heavy atom. The Hall–Kier alpha value is -2.59. The largest absolute Gasteiger partial charge is 0.372 e. The molecule has 2 aromatic carbocycles. The summed E-state index contributed by atoms with van der Waals surface area (Å²) in [6.07, 6.45) is 3.52. The third-order valence-electron chi connectivity index (χ3n) is 3.47. The van der Waals surface area contributed by atoms with Crippen molar-refractivity contribution in [3.8, 4) is 11.1 Å². The number of dihydropyridines is 1. The van der Waals surface area contributed by atoms with Crippen molar-refractivity contribution in [2.75, 3.05) is 11.9 Å². The standard InChI is InChI=1S/C18H14ClFN2O/c19-17-15(5-3-11-21-17)18(23)22-16-6-2-1-4-14(16)12-7-9-13(20)10-8-12/h1-10,21H,11H2,(H,22,23). The maximum atomic E-state index is 13.1. The topological polar surface area (TPSA) is 41.1 Å². The van der Waals surface area contributed by atoms with Crippen molar-refractivity contribution in [3.05, 3.63) is 77.2 Å². The highest BCUT2D eigenvalue weighted by Gasteiger charge is 2.16. The van der Waals surface area contributed by atoms with Gasteiger partial charge in [0.2, 0.25) is 0 Å². The molecule has 0 saturated carbocycles. The average Bonchev–Trinajstić information content (AvgIpc) is 2.56. The minimum absolute atomic E-state index is 0.298. The Morgan fingerprint density at radius 3 is 2.61 bits per heavy atom. The van der Waals surface area contributed by atoms with Gasteiger partial charge in [0, 0.05) is 17.8 Å². The highest BCUT2D eigenvalue weighted by atomic mass is 35.5. The summed E-state index contributed by atoms with van der Waals surface area (Å²) in [7, 11) is 0. The molecule has 0 fully saturated rings. The number of nitrogens with one attached hydrogen (secondary N) is 2. The second-order valence-corrected chi connectivity index (χ2v) is 5.40. The first-order valence-electron chi connectivity index (χ1n) is 7.11. The summed E-state index contributed by atoms with van der Waals surface area (Å²) in [5, 5.41) is 6.09. The molecule has 0 atom stereocenters. The number of rotatable bonds is 3. The molecule has 1 heterocycles. The van der Waals surface area contributed by atoms with Crippen molar-refractivity contribution in [3.63, 3.8) is 0 Å². The van der Waals surface area contributed by atoms with Crippen LogP contribution in [0.5, 0.6) is 0 Å². The van der Waals surface area contributed by atoms with Crippen LogP contribution in [0.3, 0.4) is 0 Å². The lowest BCUT2D eigenvalue weighted by molar-refractivity contribution is -0.112. The number of para-hydroxylation sites is 1. The van der Waals surface area contributed by atoms with Crippen molar-refractivity contribution in [1.82, 2.24) is 5.32 Å². The Bertz CT molecular complexity index is 797. The van der Waals surface area contributed by atoms with Crippen LogP contribution in [0.1, 0.15) is 0 Å². The maximum Gasteiger partial charge on any atom is 0.258 e. The molecule has 0 unspecified atom stereocenters. The van der Waals surface area contributed by atoms with E-state index >= 15 is 0 Å². The molecule has 2 N–H and O–H groups in total. The van der Waals surface area contributed by atoms with Gasteiger partial charge in [-0.25, -0.2) is 4.39 Å². The summed E-state index contributed by atoms with van der Waals surface area (Å²) in [5.74, 6) is -0.598. The predicted octanol–water partition coefficient (Wildman–Crippen LogP) is 4.04. The number of carbonyl (C=O) groups is 1. The molecule has 0 radical (unpaired) electrons. The van der Waals surface area contributed by atoms with Crippen LogP contribution in [0.15, 0.2) is 71.4 Å². The zero-order valence-corrected chi connectivity index (χ0v) is 12.9. The first-order valence-corrected chi connectivity index (χ1v) is 7.49. The lowest BCUT2D eigenvalue weighted by atomic mass is 10.0. The Labute approximate surface area is 138 Å². The summed E-state index contributed by atoms with van der Waals surface area (Å²) >= 11 is 6.03. The fourth-order valence-corrected chi connectivity index (χ4v) is 2.56. The lowest BCUT2D eigenvalue weighted by Gasteiger charge is -2.15. The van der Waals surface area contributed by atoms with E-state index in [-0.39, 0.29) is 11.7 Å². The number of hydrogen-bond acceptors (Lipinski definition) is 2. The van der Waals surface area contributed by atoms with E-state index in [1.807, 2.05) is 24.3 Å². The predicted molar refractivity (Wildman–Crippen MR) is 90.5 cm³/mol. The van der Waals surface area contributed by atoms with Gasteiger partial charge in [-0.1, -0.05) is 48.0 Å². The summed E-state index contributed by atoms with van der Waals surface area (Å²) < 4.78 is 13.1. The van der Waals surface area contributed by atoms with Crippen molar-refractivity contribution < 1.29 is 9.18 Å². The summed E-state index contributed by atoms with van der Waals surface area (Å²) in [4.78, 5) is 12.4. The zero-order valence-electron chi connectivity index (χ0n) is 12.1. The van der Waals surface area contributed by atoms with Gasteiger partial charge in [-0.2, -0.15) is 0 Å². The van der Waals surface area contributed by atoms with E-state index in [0.29, 0.717) is 23.0 Å². The molecule has 0 aliphatic carbocycles. The van der Waals surface area contributed by atoms with Gasteiger partial charge in [0.05, 0.1) is 5.57 Å². The number of halogens is 2. The van der Waals surface area contributed by atoms with Gasteiger partial charge in [0.15, 0.2) is 0 Å². The van der Waals surface area contributed by atoms with Crippen LogP contribution in [-0.4, -0.2) is 12.5 Å². The van der Waals surface area contributed by atoms with E-state index in [1.165, 1.54) is 12.1 Å². The molecule has 2 aromatic rings. The van der Waals surface area contributed by atoms with Crippen LogP contribution in [0, 0.1) is 5.82 Å². The van der Waals surface area contributed by atoms with Gasteiger partial charge in [0.1, 0.15) is 11.0 Å². The first-order chi connectivity index (χ1) is 11.1. The molecule has 0 aromatic heterocycles. The Morgan fingerprint density at radius 2 is 1.87 bits per heavy atom. The van der Waals surface area contributed by atoms with Gasteiger partial charge in [-0.05, 0) is 29.8 Å². The molecular weight excluding hydrogens is 315 g/mol. The van der Waals surface area contributed by atoms with E-state index in [1.54, 1.807) is 24.3 Å². The number of benzene rings is 2. The van der Waals surface area contributed by atoms with Crippen LogP contribution in [0.4, 0.5) is 10.1 Å². The van der Waals surface area contributed by atoms with Crippen molar-refractivity contribution >= 4 is 23.2 Å². The number of carbonyl (C=O) groups excluding carboxylic acids is 1. The Balaban J connectivity index is 1.91. The summed E-state index contributed by atoms with van der Waals surface area (Å²) in [6.45, 7) is 0.599. The second kappa shape index (κ2) is 6.67. The van der Waals surface area contributed by atoms with Crippen LogP contribution in [0.25, 0.3) is 11.1 Å². The van der Waals surface area contributed by atoms with Gasteiger partial charge in [0.25, 0.3) is 5.91 Å². The fourth-order valence-electron chi connectivity index (χ4n) is 2.33. The van der Waals surface area contributed by atoms with E-state index in [9.17, 15) is 9.18 Å². The quantitative estimate of drug-likeness (QED) is 0.835. The summed E-state index contributed by atoms with van der Waals surface area (Å²) in [6, 6.07) is 13.5. The van der Waals surface area contributed by atoms with Crippen LogP contribution < -0.4 is 10.6 Å². The minimum atomic E-state index is -0.300. The second-order valence-electron chi connectivity index (χ2n) is 5.02. The maximum absolute atomic E-state index is 13.1. The monoisotopic (exact) mass is 328 g/mol. The SMILES string of the molecule is O=C(Nc1ccccc1-c1ccc(F)cc1)C1=C(Cl)NCC=C1. The van der Waals surface area contributed by atoms with Crippen molar-refractivity contribution in [2.45, 2.75) is 0 Å². The molecule has 1 amide bonds. The minimum Gasteiger partial charge on any atom is -0.372 e. The molecule has 1 aliphatic heterocycles. The molecule has 1 aliphatic rings. The molecule has 0 spiro atoms. The fraction of sp³-hybridized carbons (Fsp3) is 0.0556. The van der Waals surface area contributed by atoms with E-state index < -0.39 is 0 Å². The molecule has 116 valence electrons. The highest BCUT2D eigenvalue weighted by Crippen LogP contribution is 2.28. The van der Waals surface area contributed by atoms with Gasteiger partial charge >= 0.3 is 0 Å². The third kappa shape index (κ3) is 3.43. The molecular formula is C18H14ClFN2O. The molecule has 5 heteroatoms. The third-order valence-corrected chi connectivity index (χ3v) is 3.81.